The van der Waals surface area contributed by atoms with Gasteiger partial charge in [-0.3, -0.25) is 9.79 Å². The number of guanidine groups is 1. The van der Waals surface area contributed by atoms with Gasteiger partial charge in [0, 0.05) is 46.2 Å². The van der Waals surface area contributed by atoms with E-state index in [-0.39, 0.29) is 5.91 Å². The number of carbonyl (C=O) groups excluding carboxylic acids is 1. The Morgan fingerprint density at radius 1 is 1.14 bits per heavy atom. The van der Waals surface area contributed by atoms with Gasteiger partial charge in [0.25, 0.3) is 0 Å². The molecule has 1 aliphatic heterocycles. The molecule has 1 saturated heterocycles. The predicted molar refractivity (Wildman–Crippen MR) is 88.5 cm³/mol. The number of hydrogen-bond donors (Lipinski definition) is 1. The Morgan fingerprint density at radius 3 is 2.29 bits per heavy atom. The molecule has 5 nitrogen and oxygen atoms in total. The zero-order valence-corrected chi connectivity index (χ0v) is 14.2. The van der Waals surface area contributed by atoms with Crippen LogP contribution in [0.4, 0.5) is 0 Å². The Kier molecular flexibility index (Phi) is 8.16. The topological polar surface area (TPSA) is 47.9 Å². The summed E-state index contributed by atoms with van der Waals surface area (Å²) in [4.78, 5) is 20.3. The fourth-order valence-electron chi connectivity index (χ4n) is 2.51. The van der Waals surface area contributed by atoms with Gasteiger partial charge >= 0.3 is 0 Å². The zero-order chi connectivity index (χ0) is 15.7. The molecule has 1 fully saturated rings. The molecule has 21 heavy (non-hydrogen) atoms. The number of carbonyl (C=O) groups is 1. The van der Waals surface area contributed by atoms with Gasteiger partial charge in [-0.05, 0) is 19.3 Å². The molecule has 0 aliphatic carbocycles. The molecule has 1 N–H and O–H groups in total. The molecule has 0 atom stereocenters. The van der Waals surface area contributed by atoms with Crippen molar-refractivity contribution in [1.82, 2.24) is 15.1 Å². The molecule has 0 aromatic heterocycles. The minimum absolute atomic E-state index is 0.172. The molecule has 0 radical (unpaired) electrons. The molecule has 1 heterocycles. The average molecular weight is 296 g/mol. The van der Waals surface area contributed by atoms with E-state index in [2.05, 4.69) is 31.0 Å². The summed E-state index contributed by atoms with van der Waals surface area (Å²) in [6.45, 7) is 13.4. The third-order valence-electron chi connectivity index (χ3n) is 3.81. The Hall–Kier alpha value is -1.26. The van der Waals surface area contributed by atoms with Gasteiger partial charge in [-0.15, -0.1) is 0 Å². The van der Waals surface area contributed by atoms with Crippen molar-refractivity contribution in [3.8, 4) is 0 Å². The second kappa shape index (κ2) is 9.64. The molecule has 122 valence electrons. The van der Waals surface area contributed by atoms with E-state index in [1.54, 1.807) is 6.92 Å². The summed E-state index contributed by atoms with van der Waals surface area (Å²) in [5.74, 6) is 1.96. The fraction of sp³-hybridized carbons (Fsp3) is 0.875. The second-order valence-corrected chi connectivity index (χ2v) is 6.12. The quantitative estimate of drug-likeness (QED) is 0.463. The van der Waals surface area contributed by atoms with Crippen LogP contribution in [-0.4, -0.2) is 60.9 Å². The van der Waals surface area contributed by atoms with Gasteiger partial charge in [-0.25, -0.2) is 0 Å². The molecule has 0 bridgehead atoms. The largest absolute Gasteiger partial charge is 0.357 e. The van der Waals surface area contributed by atoms with Crippen molar-refractivity contribution >= 4 is 11.9 Å². The van der Waals surface area contributed by atoms with Crippen molar-refractivity contribution in [1.29, 1.82) is 0 Å². The predicted octanol–water partition coefficient (Wildman–Crippen LogP) is 1.94. The normalized spacial score (nSPS) is 16.5. The highest BCUT2D eigenvalue weighted by molar-refractivity contribution is 5.80. The number of nitrogens with one attached hydrogen (secondary N) is 1. The second-order valence-electron chi connectivity index (χ2n) is 6.12. The van der Waals surface area contributed by atoms with Crippen molar-refractivity contribution in [3.05, 3.63) is 0 Å². The summed E-state index contributed by atoms with van der Waals surface area (Å²) in [5, 5.41) is 3.37. The van der Waals surface area contributed by atoms with E-state index in [1.807, 2.05) is 4.90 Å². The monoisotopic (exact) mass is 296 g/mol. The van der Waals surface area contributed by atoms with Crippen molar-refractivity contribution in [3.63, 3.8) is 0 Å². The molecule has 1 amide bonds. The fourth-order valence-corrected chi connectivity index (χ4v) is 2.51. The Balaban J connectivity index is 2.40. The Bertz CT molecular complexity index is 333. The van der Waals surface area contributed by atoms with Crippen LogP contribution >= 0.6 is 0 Å². The lowest BCUT2D eigenvalue weighted by Crippen LogP contribution is -2.53. The number of rotatable bonds is 6. The summed E-state index contributed by atoms with van der Waals surface area (Å²) in [7, 11) is 0. The highest BCUT2D eigenvalue weighted by atomic mass is 16.2. The number of nitrogens with zero attached hydrogens (tertiary/aromatic N) is 3. The molecule has 0 unspecified atom stereocenters. The molecular formula is C16H32N4O. The van der Waals surface area contributed by atoms with Crippen LogP contribution in [-0.2, 0) is 4.79 Å². The van der Waals surface area contributed by atoms with E-state index in [0.29, 0.717) is 0 Å². The molecule has 0 aromatic carbocycles. The standard InChI is InChI=1S/C16H32N4O/c1-5-17-16(18-9-7-6-8-14(2)3)20-12-10-19(11-13-20)15(4)21/h14H,5-13H2,1-4H3,(H,17,18). The lowest BCUT2D eigenvalue weighted by atomic mass is 10.1. The highest BCUT2D eigenvalue weighted by Gasteiger charge is 2.20. The van der Waals surface area contributed by atoms with E-state index < -0.39 is 0 Å². The maximum atomic E-state index is 11.4. The minimum Gasteiger partial charge on any atom is -0.357 e. The van der Waals surface area contributed by atoms with Crippen molar-refractivity contribution < 1.29 is 4.79 Å². The van der Waals surface area contributed by atoms with Crippen LogP contribution in [0.2, 0.25) is 0 Å². The maximum Gasteiger partial charge on any atom is 0.219 e. The molecule has 1 aliphatic rings. The lowest BCUT2D eigenvalue weighted by molar-refractivity contribution is -0.130. The van der Waals surface area contributed by atoms with Crippen molar-refractivity contribution in [2.75, 3.05) is 39.3 Å². The smallest absolute Gasteiger partial charge is 0.219 e. The lowest BCUT2D eigenvalue weighted by Gasteiger charge is -2.36. The van der Waals surface area contributed by atoms with Crippen LogP contribution in [0.25, 0.3) is 0 Å². The van der Waals surface area contributed by atoms with Crippen LogP contribution in [0.1, 0.15) is 47.0 Å². The van der Waals surface area contributed by atoms with Crippen LogP contribution in [0.5, 0.6) is 0 Å². The van der Waals surface area contributed by atoms with Gasteiger partial charge in [0.15, 0.2) is 5.96 Å². The third-order valence-corrected chi connectivity index (χ3v) is 3.81. The Labute approximate surface area is 129 Å². The summed E-state index contributed by atoms with van der Waals surface area (Å²) in [6, 6.07) is 0. The van der Waals surface area contributed by atoms with E-state index in [1.165, 1.54) is 12.8 Å². The zero-order valence-electron chi connectivity index (χ0n) is 14.2. The minimum atomic E-state index is 0.172. The van der Waals surface area contributed by atoms with E-state index >= 15 is 0 Å². The molecule has 5 heteroatoms. The van der Waals surface area contributed by atoms with Gasteiger partial charge in [-0.2, -0.15) is 0 Å². The number of unbranched alkanes of at least 4 members (excludes halogenated alkanes) is 1. The number of aliphatic imine (C=N–C) groups is 1. The van der Waals surface area contributed by atoms with Crippen LogP contribution in [0, 0.1) is 5.92 Å². The van der Waals surface area contributed by atoms with Crippen LogP contribution < -0.4 is 5.32 Å². The number of hydrogen-bond acceptors (Lipinski definition) is 2. The summed E-state index contributed by atoms with van der Waals surface area (Å²) < 4.78 is 0. The molecule has 0 aromatic rings. The molecule has 0 saturated carbocycles. The third kappa shape index (κ3) is 6.82. The molecule has 1 rings (SSSR count). The number of piperazine rings is 1. The molecule has 0 spiro atoms. The van der Waals surface area contributed by atoms with E-state index in [0.717, 1.165) is 57.6 Å². The van der Waals surface area contributed by atoms with Crippen molar-refractivity contribution in [2.45, 2.75) is 47.0 Å². The van der Waals surface area contributed by atoms with Gasteiger partial charge in [0.1, 0.15) is 0 Å². The van der Waals surface area contributed by atoms with Crippen LogP contribution in [0.15, 0.2) is 4.99 Å². The summed E-state index contributed by atoms with van der Waals surface area (Å²) >= 11 is 0. The van der Waals surface area contributed by atoms with Crippen LogP contribution in [0.3, 0.4) is 0 Å². The average Bonchev–Trinajstić information content (AvgIpc) is 2.45. The van der Waals surface area contributed by atoms with Gasteiger partial charge in [0.05, 0.1) is 0 Å². The van der Waals surface area contributed by atoms with Crippen molar-refractivity contribution in [2.24, 2.45) is 10.9 Å². The first-order chi connectivity index (χ1) is 10.0. The Morgan fingerprint density at radius 2 is 1.76 bits per heavy atom. The number of amides is 1. The van der Waals surface area contributed by atoms with E-state index in [9.17, 15) is 4.79 Å². The van der Waals surface area contributed by atoms with E-state index in [4.69, 9.17) is 4.99 Å². The van der Waals surface area contributed by atoms with Gasteiger partial charge in [0.2, 0.25) is 5.91 Å². The molecular weight excluding hydrogens is 264 g/mol. The maximum absolute atomic E-state index is 11.4. The SMILES string of the molecule is CCNC(=NCCCCC(C)C)N1CCN(C(C)=O)CC1. The first kappa shape index (κ1) is 17.8. The highest BCUT2D eigenvalue weighted by Crippen LogP contribution is 2.07. The van der Waals surface area contributed by atoms with Gasteiger partial charge < -0.3 is 15.1 Å². The summed E-state index contributed by atoms with van der Waals surface area (Å²) in [5.41, 5.74) is 0. The first-order valence-electron chi connectivity index (χ1n) is 8.33. The first-order valence-corrected chi connectivity index (χ1v) is 8.33. The van der Waals surface area contributed by atoms with Gasteiger partial charge in [-0.1, -0.05) is 26.7 Å². The summed E-state index contributed by atoms with van der Waals surface area (Å²) in [6.07, 6.45) is 3.68.